The van der Waals surface area contributed by atoms with Crippen molar-refractivity contribution in [2.24, 2.45) is 0 Å². The molecule has 1 aliphatic heterocycles. The monoisotopic (exact) mass is 537 g/mol. The maximum absolute atomic E-state index is 12.2. The molecule has 1 saturated heterocycles. The van der Waals surface area contributed by atoms with E-state index in [9.17, 15) is 19.2 Å². The normalized spacial score (nSPS) is 20.8. The van der Waals surface area contributed by atoms with Gasteiger partial charge in [0.15, 0.2) is 6.10 Å². The summed E-state index contributed by atoms with van der Waals surface area (Å²) in [7, 11) is 1.59. The number of esters is 3. The van der Waals surface area contributed by atoms with E-state index in [1.165, 1.54) is 20.8 Å². The van der Waals surface area contributed by atoms with E-state index >= 15 is 0 Å². The number of aryl methyl sites for hydroxylation is 2. The lowest BCUT2D eigenvalue weighted by atomic mass is 9.78. The van der Waals surface area contributed by atoms with Crippen LogP contribution in [0.1, 0.15) is 78.0 Å². The second-order valence-electron chi connectivity index (χ2n) is 9.67. The molecule has 0 aromatic heterocycles. The molecular weight excluding hydrogens is 494 g/mol. The molecule has 4 atom stereocenters. The Hall–Kier alpha value is -3.14. The summed E-state index contributed by atoms with van der Waals surface area (Å²) < 4.78 is 28.4. The third-order valence-corrected chi connectivity index (χ3v) is 5.81. The highest BCUT2D eigenvalue weighted by Crippen LogP contribution is 2.39. The van der Waals surface area contributed by atoms with Crippen LogP contribution in [-0.4, -0.2) is 62.1 Å². The van der Waals surface area contributed by atoms with Gasteiger partial charge < -0.3 is 29.0 Å². The maximum atomic E-state index is 12.2. The van der Waals surface area contributed by atoms with Crippen LogP contribution in [0.5, 0.6) is 5.75 Å². The molecule has 1 heterocycles. The number of amides is 1. The Bertz CT molecular complexity index is 989. The average molecular weight is 538 g/mol. The van der Waals surface area contributed by atoms with Crippen molar-refractivity contribution in [3.05, 3.63) is 28.8 Å². The molecule has 1 fully saturated rings. The second kappa shape index (κ2) is 14.7. The summed E-state index contributed by atoms with van der Waals surface area (Å²) in [6.07, 6.45) is -3.44. The van der Waals surface area contributed by atoms with E-state index in [0.29, 0.717) is 5.75 Å². The minimum Gasteiger partial charge on any atom is -0.464 e. The van der Waals surface area contributed by atoms with Gasteiger partial charge in [-0.25, -0.2) is 0 Å². The zero-order chi connectivity index (χ0) is 29.2. The van der Waals surface area contributed by atoms with Gasteiger partial charge in [0, 0.05) is 45.2 Å². The minimum absolute atomic E-state index is 0.0659. The van der Waals surface area contributed by atoms with Gasteiger partial charge in [-0.15, -0.1) is 0 Å². The van der Waals surface area contributed by atoms with Crippen LogP contribution in [0.2, 0.25) is 0 Å². The fourth-order valence-corrected chi connectivity index (χ4v) is 4.58. The number of benzene rings is 1. The summed E-state index contributed by atoms with van der Waals surface area (Å²) in [6, 6.07) is 3.87. The van der Waals surface area contributed by atoms with Crippen LogP contribution < -0.4 is 10.1 Å². The Labute approximate surface area is 225 Å². The van der Waals surface area contributed by atoms with Crippen LogP contribution >= 0.6 is 0 Å². The first-order chi connectivity index (χ1) is 17.7. The van der Waals surface area contributed by atoms with Gasteiger partial charge in [0.2, 0.25) is 12.2 Å². The molecule has 2 rings (SSSR count). The average Bonchev–Trinajstić information content (AvgIpc) is 2.79. The molecule has 214 valence electrons. The molecule has 0 aliphatic carbocycles. The van der Waals surface area contributed by atoms with Crippen LogP contribution in [0.3, 0.4) is 0 Å². The number of rotatable bonds is 9. The van der Waals surface area contributed by atoms with Crippen LogP contribution in [0.4, 0.5) is 0 Å². The van der Waals surface area contributed by atoms with Gasteiger partial charge in [-0.2, -0.15) is 0 Å². The van der Waals surface area contributed by atoms with Crippen molar-refractivity contribution < 1.29 is 42.9 Å². The molecule has 10 heteroatoms. The maximum Gasteiger partial charge on any atom is 0.303 e. The summed E-state index contributed by atoms with van der Waals surface area (Å²) in [5, 5.41) is 2.66. The molecule has 0 radical (unpaired) electrons. The highest BCUT2D eigenvalue weighted by molar-refractivity contribution is 5.77. The predicted octanol–water partition coefficient (Wildman–Crippen LogP) is 3.66. The molecule has 0 spiro atoms. The van der Waals surface area contributed by atoms with E-state index in [4.69, 9.17) is 23.7 Å². The molecule has 0 saturated carbocycles. The zero-order valence-electron chi connectivity index (χ0n) is 24.3. The number of hydrogen-bond acceptors (Lipinski definition) is 9. The predicted molar refractivity (Wildman–Crippen MR) is 141 cm³/mol. The van der Waals surface area contributed by atoms with Crippen LogP contribution in [0, 0.1) is 13.8 Å². The van der Waals surface area contributed by atoms with E-state index in [2.05, 4.69) is 5.32 Å². The van der Waals surface area contributed by atoms with Crippen LogP contribution in [0.15, 0.2) is 12.1 Å². The van der Waals surface area contributed by atoms with Gasteiger partial charge in [0.05, 0.1) is 6.42 Å². The van der Waals surface area contributed by atoms with Gasteiger partial charge in [-0.05, 0) is 31.0 Å². The third kappa shape index (κ3) is 9.63. The van der Waals surface area contributed by atoms with Crippen molar-refractivity contribution in [2.75, 3.05) is 13.7 Å². The lowest BCUT2D eigenvalue weighted by Gasteiger charge is -2.40. The van der Waals surface area contributed by atoms with Crippen molar-refractivity contribution in [3.8, 4) is 5.75 Å². The number of carbonyl (C=O) groups excluding carboxylic acids is 4. The van der Waals surface area contributed by atoms with Gasteiger partial charge >= 0.3 is 17.9 Å². The molecule has 4 unspecified atom stereocenters. The fraction of sp³-hybridized carbons (Fsp3) is 0.643. The van der Waals surface area contributed by atoms with Gasteiger partial charge in [-0.3, -0.25) is 19.2 Å². The molecule has 1 aromatic carbocycles. The summed E-state index contributed by atoms with van der Waals surface area (Å²) in [5.41, 5.74) is 2.15. The summed E-state index contributed by atoms with van der Waals surface area (Å²) in [4.78, 5) is 47.2. The molecule has 1 aromatic rings. The first-order valence-corrected chi connectivity index (χ1v) is 12.9. The Morgan fingerprint density at radius 1 is 1.00 bits per heavy atom. The van der Waals surface area contributed by atoms with E-state index in [-0.39, 0.29) is 25.4 Å². The minimum atomic E-state index is -0.992. The summed E-state index contributed by atoms with van der Waals surface area (Å²) in [5.74, 6) is -1.30. The number of ether oxygens (including phenoxy) is 5. The first kappa shape index (κ1) is 32.9. The van der Waals surface area contributed by atoms with Crippen molar-refractivity contribution in [2.45, 2.75) is 105 Å². The van der Waals surface area contributed by atoms with E-state index in [1.54, 1.807) is 7.05 Å². The van der Waals surface area contributed by atoms with Crippen LogP contribution in [-0.2, 0) is 43.5 Å². The first-order valence-electron chi connectivity index (χ1n) is 12.9. The highest BCUT2D eigenvalue weighted by atomic mass is 16.7. The zero-order valence-corrected chi connectivity index (χ0v) is 24.3. The molecule has 1 aliphatic rings. The Morgan fingerprint density at radius 2 is 1.61 bits per heavy atom. The summed E-state index contributed by atoms with van der Waals surface area (Å²) in [6.45, 7) is 15.3. The summed E-state index contributed by atoms with van der Waals surface area (Å²) >= 11 is 0. The Kier molecular flexibility index (Phi) is 12.7. The SMILES string of the molecule is CC.CNC(=O)CC(C)(C)c1c(C)cc(C)cc1OC1CC(OC(C)=O)C(OC(C)=O)C(COC(C)=O)O1. The van der Waals surface area contributed by atoms with Crippen molar-refractivity contribution in [1.29, 1.82) is 0 Å². The van der Waals surface area contributed by atoms with Gasteiger partial charge in [0.25, 0.3) is 0 Å². The Morgan fingerprint density at radius 3 is 2.13 bits per heavy atom. The van der Waals surface area contributed by atoms with Gasteiger partial charge in [0.1, 0.15) is 24.6 Å². The second-order valence-corrected chi connectivity index (χ2v) is 9.67. The largest absolute Gasteiger partial charge is 0.464 e. The molecule has 38 heavy (non-hydrogen) atoms. The van der Waals surface area contributed by atoms with Gasteiger partial charge in [-0.1, -0.05) is 33.8 Å². The number of hydrogen-bond donors (Lipinski definition) is 1. The molecule has 1 amide bonds. The van der Waals surface area contributed by atoms with Crippen LogP contribution in [0.25, 0.3) is 0 Å². The smallest absolute Gasteiger partial charge is 0.303 e. The van der Waals surface area contributed by atoms with E-state index < -0.39 is 47.9 Å². The van der Waals surface area contributed by atoms with Crippen molar-refractivity contribution in [3.63, 3.8) is 0 Å². The molecular formula is C28H43NO9. The number of carbonyl (C=O) groups is 4. The topological polar surface area (TPSA) is 126 Å². The lowest BCUT2D eigenvalue weighted by Crippen LogP contribution is -2.54. The lowest BCUT2D eigenvalue weighted by molar-refractivity contribution is -0.246. The van der Waals surface area contributed by atoms with Crippen molar-refractivity contribution >= 4 is 23.8 Å². The van der Waals surface area contributed by atoms with E-state index in [0.717, 1.165) is 16.7 Å². The quantitative estimate of drug-likeness (QED) is 0.371. The van der Waals surface area contributed by atoms with E-state index in [1.807, 2.05) is 53.7 Å². The number of nitrogens with one attached hydrogen (secondary N) is 1. The Balaban J connectivity index is 0.00000352. The fourth-order valence-electron chi connectivity index (χ4n) is 4.58. The standard InChI is InChI=1S/C26H37NO9.C2H6/c1-14-9-15(2)24(26(6,7)12-22(31)27-8)19(10-14)35-23-11-20(33-17(4)29)25(34-18(5)30)21(36-23)13-32-16(3)28;1-2/h9-10,20-21,23,25H,11-13H2,1-8H3,(H,27,31);1-2H3. The third-order valence-electron chi connectivity index (χ3n) is 5.81. The highest BCUT2D eigenvalue weighted by Gasteiger charge is 2.45. The molecule has 1 N–H and O–H groups in total. The van der Waals surface area contributed by atoms with Crippen molar-refractivity contribution in [1.82, 2.24) is 5.32 Å². The molecule has 0 bridgehead atoms. The molecule has 10 nitrogen and oxygen atoms in total.